The summed E-state index contributed by atoms with van der Waals surface area (Å²) in [6, 6.07) is 64.2. The molecule has 0 radical (unpaired) electrons. The van der Waals surface area contributed by atoms with Crippen molar-refractivity contribution < 1.29 is 9.90 Å². The number of hydrogen-bond acceptors (Lipinski definition) is 12. The topological polar surface area (TPSA) is 119 Å². The third-order valence-electron chi connectivity index (χ3n) is 11.4. The van der Waals surface area contributed by atoms with Gasteiger partial charge in [-0.25, -0.2) is 0 Å². The van der Waals surface area contributed by atoms with Crippen molar-refractivity contribution in [2.75, 3.05) is 16.4 Å². The summed E-state index contributed by atoms with van der Waals surface area (Å²) in [4.78, 5) is 24.7. The van der Waals surface area contributed by atoms with Crippen molar-refractivity contribution in [3.63, 3.8) is 0 Å². The highest BCUT2D eigenvalue weighted by atomic mass is 32.1. The first-order valence-corrected chi connectivity index (χ1v) is 26.2. The van der Waals surface area contributed by atoms with Crippen molar-refractivity contribution in [3.8, 4) is 77.8 Å². The molecule has 68 heavy (non-hydrogen) atoms. The predicted octanol–water partition coefficient (Wildman–Crippen LogP) is 16.2. The smallest absolute Gasteiger partial charge is 0.101 e. The zero-order chi connectivity index (χ0) is 46.3. The standard InChI is InChI=1S/C56H36N4O2S6/c57-32-35(56(61)62)29-38-21-22-48(63-38)52-50(33-13-5-1-6-14-33)54-55(67-52)51(34-15-7-2-8-16-34)53(68-54)49-28-27-47(66-49)46-26-25-45(65-46)44-24-23-43(64-44)39-30-41(59)42(31-40(39)58)60(36-17-9-3-10-18-36)37-19-11-4-12-20-37/h1-31H,58-59H2,(H,61,62)/p-1/b35-29+. The zero-order valence-electron chi connectivity index (χ0n) is 35.7. The van der Waals surface area contributed by atoms with Gasteiger partial charge < -0.3 is 26.3 Å². The fourth-order valence-electron chi connectivity index (χ4n) is 8.27. The Bertz CT molecular complexity index is 3660. The number of aliphatic carboxylic acids is 1. The van der Waals surface area contributed by atoms with E-state index in [9.17, 15) is 15.2 Å². The van der Waals surface area contributed by atoms with E-state index in [1.807, 2.05) is 95.5 Å². The number of anilines is 5. The Morgan fingerprint density at radius 1 is 0.500 bits per heavy atom. The summed E-state index contributed by atoms with van der Waals surface area (Å²) in [6.45, 7) is 0. The number of carboxylic acid groups (broad SMARTS) is 1. The van der Waals surface area contributed by atoms with Crippen LogP contribution in [0.1, 0.15) is 4.88 Å². The molecule has 0 amide bonds. The normalized spacial score (nSPS) is 11.5. The van der Waals surface area contributed by atoms with Crippen molar-refractivity contribution in [2.45, 2.75) is 0 Å². The molecule has 11 aromatic rings. The quantitative estimate of drug-likeness (QED) is 0.0715. The highest BCUT2D eigenvalue weighted by molar-refractivity contribution is 7.36. The molecule has 0 bridgehead atoms. The van der Waals surface area contributed by atoms with E-state index >= 15 is 0 Å². The summed E-state index contributed by atoms with van der Waals surface area (Å²) in [6.07, 6.45) is 1.39. The Labute approximate surface area is 416 Å². The molecule has 0 spiro atoms. The minimum atomic E-state index is -1.48. The van der Waals surface area contributed by atoms with Crippen LogP contribution in [0.2, 0.25) is 0 Å². The Morgan fingerprint density at radius 3 is 1.43 bits per heavy atom. The molecule has 0 saturated carbocycles. The summed E-state index contributed by atoms with van der Waals surface area (Å²) >= 11 is 10.3. The SMILES string of the molecule is N#C/C(=C\c1ccc(-c2sc3c(-c4ccccc4)c(-c4ccc(-c5ccc(-c6ccc(-c7cc(N)c(N(c8ccccc8)c8ccccc8)cc7N)s6)s5)s4)sc3c2-c2ccccc2)s1)C(=O)[O-]. The second kappa shape index (κ2) is 18.4. The van der Waals surface area contributed by atoms with Crippen molar-refractivity contribution in [2.24, 2.45) is 0 Å². The maximum absolute atomic E-state index is 11.5. The third kappa shape index (κ3) is 8.15. The molecular weight excluding hydrogens is 953 g/mol. The van der Waals surface area contributed by atoms with Crippen molar-refractivity contribution >= 4 is 118 Å². The van der Waals surface area contributed by atoms with Gasteiger partial charge in [0.2, 0.25) is 0 Å². The fraction of sp³-hybridized carbons (Fsp3) is 0. The maximum atomic E-state index is 11.5. The van der Waals surface area contributed by atoms with Crippen LogP contribution in [0.4, 0.5) is 28.4 Å². The molecule has 11 rings (SSSR count). The van der Waals surface area contributed by atoms with Gasteiger partial charge in [0.1, 0.15) is 6.07 Å². The van der Waals surface area contributed by atoms with Gasteiger partial charge in [-0.15, -0.1) is 68.0 Å². The summed E-state index contributed by atoms with van der Waals surface area (Å²) in [7, 11) is 0. The number of carboxylic acids is 1. The summed E-state index contributed by atoms with van der Waals surface area (Å²) in [5, 5.41) is 20.9. The second-order valence-corrected chi connectivity index (χ2v) is 22.1. The highest BCUT2D eigenvalue weighted by Gasteiger charge is 2.26. The molecule has 0 atom stereocenters. The molecule has 0 aliphatic heterocycles. The molecule has 5 aromatic carbocycles. The summed E-state index contributed by atoms with van der Waals surface area (Å²) in [5.74, 6) is -1.48. The lowest BCUT2D eigenvalue weighted by Crippen LogP contribution is -2.23. The molecule has 12 heteroatoms. The Kier molecular flexibility index (Phi) is 11.7. The molecule has 6 nitrogen and oxygen atoms in total. The zero-order valence-corrected chi connectivity index (χ0v) is 40.6. The first-order chi connectivity index (χ1) is 33.3. The number of nitriles is 1. The van der Waals surface area contributed by atoms with Gasteiger partial charge in [0.25, 0.3) is 0 Å². The minimum absolute atomic E-state index is 0.399. The largest absolute Gasteiger partial charge is 0.544 e. The van der Waals surface area contributed by atoms with Crippen LogP contribution in [0.15, 0.2) is 188 Å². The van der Waals surface area contributed by atoms with Crippen LogP contribution >= 0.6 is 68.0 Å². The predicted molar refractivity (Wildman–Crippen MR) is 291 cm³/mol. The van der Waals surface area contributed by atoms with E-state index < -0.39 is 11.5 Å². The number of thiophene rings is 6. The molecule has 0 aliphatic carbocycles. The highest BCUT2D eigenvalue weighted by Crippen LogP contribution is 2.57. The number of nitrogens with zero attached hydrogens (tertiary/aromatic N) is 2. The first kappa shape index (κ1) is 43.2. The average Bonchev–Trinajstić information content (AvgIpc) is 4.24. The molecule has 0 fully saturated rings. The molecule has 4 N–H and O–H groups in total. The monoisotopic (exact) mass is 987 g/mol. The Morgan fingerprint density at radius 2 is 0.926 bits per heavy atom. The van der Waals surface area contributed by atoms with Gasteiger partial charge >= 0.3 is 0 Å². The lowest BCUT2D eigenvalue weighted by atomic mass is 10.0. The second-order valence-electron chi connectivity index (χ2n) is 15.7. The summed E-state index contributed by atoms with van der Waals surface area (Å²) in [5.41, 5.74) is 23.0. The van der Waals surface area contributed by atoms with E-state index in [4.69, 9.17) is 11.5 Å². The van der Waals surface area contributed by atoms with E-state index in [0.29, 0.717) is 16.3 Å². The molecule has 0 aliphatic rings. The van der Waals surface area contributed by atoms with E-state index in [0.717, 1.165) is 58.8 Å². The number of carbonyl (C=O) groups is 1. The molecule has 0 saturated heterocycles. The maximum Gasteiger partial charge on any atom is 0.101 e. The molecule has 6 heterocycles. The van der Waals surface area contributed by atoms with Crippen molar-refractivity contribution in [1.29, 1.82) is 5.26 Å². The minimum Gasteiger partial charge on any atom is -0.544 e. The van der Waals surface area contributed by atoms with E-state index in [1.165, 1.54) is 56.8 Å². The number of rotatable bonds is 12. The number of fused-ring (bicyclic) bond motifs is 1. The van der Waals surface area contributed by atoms with Crippen molar-refractivity contribution in [3.05, 3.63) is 192 Å². The Hall–Kier alpha value is -7.34. The van der Waals surface area contributed by atoms with Gasteiger partial charge in [-0.3, -0.25) is 0 Å². The number of carbonyl (C=O) groups excluding carboxylic acids is 1. The lowest BCUT2D eigenvalue weighted by Gasteiger charge is -2.27. The average molecular weight is 988 g/mol. The van der Waals surface area contributed by atoms with Crippen LogP contribution in [0, 0.1) is 11.3 Å². The first-order valence-electron chi connectivity index (χ1n) is 21.3. The van der Waals surface area contributed by atoms with Crippen molar-refractivity contribution in [1.82, 2.24) is 0 Å². The third-order valence-corrected chi connectivity index (χ3v) is 19.0. The van der Waals surface area contributed by atoms with Crippen LogP contribution in [0.25, 0.3) is 87.2 Å². The van der Waals surface area contributed by atoms with Crippen LogP contribution in [0.3, 0.4) is 0 Å². The number of nitrogens with two attached hydrogens (primary N) is 2. The molecule has 328 valence electrons. The summed E-state index contributed by atoms with van der Waals surface area (Å²) < 4.78 is 2.40. The van der Waals surface area contributed by atoms with Gasteiger partial charge in [-0.2, -0.15) is 5.26 Å². The molecule has 6 aromatic heterocycles. The van der Waals surface area contributed by atoms with Crippen LogP contribution in [0.5, 0.6) is 0 Å². The molecular formula is C56H35N4O2S6-. The van der Waals surface area contributed by atoms with Gasteiger partial charge in [-0.05, 0) is 102 Å². The number of para-hydroxylation sites is 2. The van der Waals surface area contributed by atoms with E-state index in [2.05, 4.69) is 114 Å². The lowest BCUT2D eigenvalue weighted by molar-refractivity contribution is -0.298. The van der Waals surface area contributed by atoms with Crippen LogP contribution in [-0.4, -0.2) is 5.97 Å². The fourth-order valence-corrected chi connectivity index (χ4v) is 15.6. The van der Waals surface area contributed by atoms with E-state index in [1.54, 1.807) is 40.1 Å². The van der Waals surface area contributed by atoms with Gasteiger partial charge in [0, 0.05) is 72.8 Å². The number of hydrogen-bond donors (Lipinski definition) is 2. The molecule has 0 unspecified atom stereocenters. The van der Waals surface area contributed by atoms with Gasteiger partial charge in [0.15, 0.2) is 0 Å². The van der Waals surface area contributed by atoms with E-state index in [-0.39, 0.29) is 0 Å². The van der Waals surface area contributed by atoms with Crippen LogP contribution < -0.4 is 21.5 Å². The Balaban J connectivity index is 0.927. The number of nitrogen functional groups attached to an aromatic ring is 2. The van der Waals surface area contributed by atoms with Crippen LogP contribution in [-0.2, 0) is 4.79 Å². The van der Waals surface area contributed by atoms with Gasteiger partial charge in [-0.1, -0.05) is 97.1 Å². The van der Waals surface area contributed by atoms with Gasteiger partial charge in [0.05, 0.1) is 42.1 Å². The number of benzene rings is 5.